The molecule has 3 N–H and O–H groups in total. The molecule has 102 valence electrons. The van der Waals surface area contributed by atoms with Crippen molar-refractivity contribution in [2.24, 2.45) is 5.84 Å². The predicted molar refractivity (Wildman–Crippen MR) is 72.0 cm³/mol. The molecule has 0 aliphatic rings. The zero-order valence-corrected chi connectivity index (χ0v) is 11.3. The summed E-state index contributed by atoms with van der Waals surface area (Å²) in [6.07, 6.45) is 2.35. The molecular weight excluding hydrogens is 255 g/mol. The molecule has 0 bridgehead atoms. The standard InChI is InChI=1S/C13H20ClFN2O/c1-2-7-18-8-6-11(17-16)9-10-4-3-5-12(15)13(10)14/h3-5,11,17H,2,6-9,16H2,1H3. The molecule has 1 rings (SSSR count). The van der Waals surface area contributed by atoms with Crippen molar-refractivity contribution in [2.75, 3.05) is 13.2 Å². The van der Waals surface area contributed by atoms with Gasteiger partial charge in [0.1, 0.15) is 5.82 Å². The second-order valence-electron chi connectivity index (χ2n) is 4.18. The average molecular weight is 275 g/mol. The summed E-state index contributed by atoms with van der Waals surface area (Å²) in [5.41, 5.74) is 3.47. The summed E-state index contributed by atoms with van der Waals surface area (Å²) in [6, 6.07) is 4.84. The van der Waals surface area contributed by atoms with Gasteiger partial charge in [0.2, 0.25) is 0 Å². The van der Waals surface area contributed by atoms with Crippen molar-refractivity contribution in [1.29, 1.82) is 0 Å². The maximum Gasteiger partial charge on any atom is 0.142 e. The van der Waals surface area contributed by atoms with E-state index in [9.17, 15) is 4.39 Å². The molecule has 1 unspecified atom stereocenters. The molecule has 3 nitrogen and oxygen atoms in total. The number of hydrogen-bond acceptors (Lipinski definition) is 3. The van der Waals surface area contributed by atoms with Crippen LogP contribution in [0.5, 0.6) is 0 Å². The third-order valence-electron chi connectivity index (χ3n) is 2.69. The van der Waals surface area contributed by atoms with Crippen LogP contribution in [-0.4, -0.2) is 19.3 Å². The number of hydrazine groups is 1. The number of halogens is 2. The maximum atomic E-state index is 13.3. The molecule has 0 fully saturated rings. The molecule has 1 aromatic carbocycles. The highest BCUT2D eigenvalue weighted by molar-refractivity contribution is 6.31. The van der Waals surface area contributed by atoms with Gasteiger partial charge < -0.3 is 4.74 Å². The highest BCUT2D eigenvalue weighted by Gasteiger charge is 2.12. The first-order valence-corrected chi connectivity index (χ1v) is 6.53. The van der Waals surface area contributed by atoms with Crippen molar-refractivity contribution in [2.45, 2.75) is 32.2 Å². The monoisotopic (exact) mass is 274 g/mol. The van der Waals surface area contributed by atoms with E-state index in [1.807, 2.05) is 6.07 Å². The molecule has 0 amide bonds. The van der Waals surface area contributed by atoms with Crippen LogP contribution in [0, 0.1) is 5.82 Å². The van der Waals surface area contributed by atoms with Crippen LogP contribution in [0.3, 0.4) is 0 Å². The zero-order valence-electron chi connectivity index (χ0n) is 10.6. The van der Waals surface area contributed by atoms with E-state index in [1.165, 1.54) is 6.07 Å². The molecule has 1 aromatic rings. The van der Waals surface area contributed by atoms with Gasteiger partial charge in [0.25, 0.3) is 0 Å². The van der Waals surface area contributed by atoms with Crippen LogP contribution >= 0.6 is 11.6 Å². The van der Waals surface area contributed by atoms with Crippen molar-refractivity contribution in [3.63, 3.8) is 0 Å². The Labute approximate surface area is 112 Å². The molecule has 5 heteroatoms. The fourth-order valence-electron chi connectivity index (χ4n) is 1.69. The van der Waals surface area contributed by atoms with Crippen LogP contribution in [0.4, 0.5) is 4.39 Å². The van der Waals surface area contributed by atoms with Gasteiger partial charge in [-0.05, 0) is 30.9 Å². The molecule has 0 heterocycles. The molecule has 0 radical (unpaired) electrons. The molecule has 0 aliphatic heterocycles. The number of ether oxygens (including phenoxy) is 1. The van der Waals surface area contributed by atoms with Crippen LogP contribution in [0.25, 0.3) is 0 Å². The summed E-state index contributed by atoms with van der Waals surface area (Å²) in [6.45, 7) is 3.44. The Hall–Kier alpha value is -0.680. The molecule has 1 atom stereocenters. The van der Waals surface area contributed by atoms with E-state index in [2.05, 4.69) is 12.3 Å². The summed E-state index contributed by atoms with van der Waals surface area (Å²) >= 11 is 5.90. The van der Waals surface area contributed by atoms with Gasteiger partial charge in [0.15, 0.2) is 0 Å². The van der Waals surface area contributed by atoms with Crippen molar-refractivity contribution < 1.29 is 9.13 Å². The lowest BCUT2D eigenvalue weighted by Gasteiger charge is -2.16. The van der Waals surface area contributed by atoms with Crippen molar-refractivity contribution in [1.82, 2.24) is 5.43 Å². The second-order valence-corrected chi connectivity index (χ2v) is 4.56. The number of hydrogen-bond donors (Lipinski definition) is 2. The van der Waals surface area contributed by atoms with Gasteiger partial charge in [-0.1, -0.05) is 30.7 Å². The highest BCUT2D eigenvalue weighted by Crippen LogP contribution is 2.21. The molecule has 0 spiro atoms. The summed E-state index contributed by atoms with van der Waals surface area (Å²) < 4.78 is 18.7. The lowest BCUT2D eigenvalue weighted by atomic mass is 10.0. The van der Waals surface area contributed by atoms with E-state index < -0.39 is 5.82 Å². The van der Waals surface area contributed by atoms with E-state index >= 15 is 0 Å². The molecule has 0 saturated carbocycles. The third-order valence-corrected chi connectivity index (χ3v) is 3.12. The van der Waals surface area contributed by atoms with E-state index in [0.29, 0.717) is 13.0 Å². The van der Waals surface area contributed by atoms with Crippen molar-refractivity contribution >= 4 is 11.6 Å². The maximum absolute atomic E-state index is 13.3. The lowest BCUT2D eigenvalue weighted by Crippen LogP contribution is -2.37. The van der Waals surface area contributed by atoms with Crippen LogP contribution in [0.1, 0.15) is 25.3 Å². The minimum Gasteiger partial charge on any atom is -0.381 e. The van der Waals surface area contributed by atoms with E-state index in [0.717, 1.165) is 25.0 Å². The number of benzene rings is 1. The number of nitrogens with one attached hydrogen (secondary N) is 1. The Kier molecular flexibility index (Phi) is 7.20. The summed E-state index contributed by atoms with van der Waals surface area (Å²) in [5.74, 6) is 5.08. The minimum absolute atomic E-state index is 0.0288. The summed E-state index contributed by atoms with van der Waals surface area (Å²) in [5, 5.41) is 0.173. The van der Waals surface area contributed by atoms with Crippen LogP contribution in [0.15, 0.2) is 18.2 Å². The first kappa shape index (κ1) is 15.4. The first-order valence-electron chi connectivity index (χ1n) is 6.15. The quantitative estimate of drug-likeness (QED) is 0.435. The minimum atomic E-state index is -0.396. The molecule has 0 aromatic heterocycles. The summed E-state index contributed by atoms with van der Waals surface area (Å²) in [7, 11) is 0. The topological polar surface area (TPSA) is 47.3 Å². The summed E-state index contributed by atoms with van der Waals surface area (Å²) in [4.78, 5) is 0. The van der Waals surface area contributed by atoms with Crippen molar-refractivity contribution in [3.8, 4) is 0 Å². The van der Waals surface area contributed by atoms with E-state index in [-0.39, 0.29) is 11.1 Å². The Morgan fingerprint density at radius 2 is 2.22 bits per heavy atom. The Balaban J connectivity index is 2.49. The highest BCUT2D eigenvalue weighted by atomic mass is 35.5. The second kappa shape index (κ2) is 8.43. The molecule has 0 aliphatic carbocycles. The fraction of sp³-hybridized carbons (Fsp3) is 0.538. The SMILES string of the molecule is CCCOCCC(Cc1cccc(F)c1Cl)NN. The van der Waals surface area contributed by atoms with E-state index in [4.69, 9.17) is 22.2 Å². The first-order chi connectivity index (χ1) is 8.69. The Morgan fingerprint density at radius 3 is 2.89 bits per heavy atom. The van der Waals surface area contributed by atoms with Gasteiger partial charge >= 0.3 is 0 Å². The largest absolute Gasteiger partial charge is 0.381 e. The van der Waals surface area contributed by atoms with Gasteiger partial charge in [-0.2, -0.15) is 0 Å². The van der Waals surface area contributed by atoms with Gasteiger partial charge in [-0.15, -0.1) is 0 Å². The van der Waals surface area contributed by atoms with Crippen LogP contribution in [-0.2, 0) is 11.2 Å². The molecule has 0 saturated heterocycles. The van der Waals surface area contributed by atoms with Crippen molar-refractivity contribution in [3.05, 3.63) is 34.6 Å². The predicted octanol–water partition coefficient (Wildman–Crippen LogP) is 2.67. The Morgan fingerprint density at radius 1 is 1.44 bits per heavy atom. The number of rotatable bonds is 8. The van der Waals surface area contributed by atoms with Gasteiger partial charge in [-0.25, -0.2) is 4.39 Å². The molecule has 18 heavy (non-hydrogen) atoms. The lowest BCUT2D eigenvalue weighted by molar-refractivity contribution is 0.124. The van der Waals surface area contributed by atoms with Gasteiger partial charge in [-0.3, -0.25) is 11.3 Å². The zero-order chi connectivity index (χ0) is 13.4. The average Bonchev–Trinajstić information content (AvgIpc) is 2.38. The third kappa shape index (κ3) is 4.90. The fourth-order valence-corrected chi connectivity index (χ4v) is 1.89. The Bertz CT molecular complexity index is 363. The van der Waals surface area contributed by atoms with Crippen LogP contribution in [0.2, 0.25) is 5.02 Å². The smallest absolute Gasteiger partial charge is 0.142 e. The number of nitrogens with two attached hydrogens (primary N) is 1. The van der Waals surface area contributed by atoms with E-state index in [1.54, 1.807) is 6.07 Å². The van der Waals surface area contributed by atoms with Crippen LogP contribution < -0.4 is 11.3 Å². The van der Waals surface area contributed by atoms with Gasteiger partial charge in [0, 0.05) is 19.3 Å². The normalized spacial score (nSPS) is 12.7. The van der Waals surface area contributed by atoms with Gasteiger partial charge in [0.05, 0.1) is 5.02 Å². The molecular formula is C13H20ClFN2O.